The van der Waals surface area contributed by atoms with E-state index in [4.69, 9.17) is 0 Å². The van der Waals surface area contributed by atoms with Crippen LogP contribution in [0.4, 0.5) is 10.3 Å². The third kappa shape index (κ3) is 4.68. The molecule has 2 amide bonds. The molecule has 0 spiro atoms. The van der Waals surface area contributed by atoms with Crippen LogP contribution >= 0.6 is 0 Å². The van der Waals surface area contributed by atoms with Crippen LogP contribution < -0.4 is 10.6 Å². The van der Waals surface area contributed by atoms with Crippen LogP contribution in [0.25, 0.3) is 0 Å². The van der Waals surface area contributed by atoms with Gasteiger partial charge in [0.05, 0.1) is 6.54 Å². The van der Waals surface area contributed by atoms with Crippen LogP contribution in [0.1, 0.15) is 18.3 Å². The summed E-state index contributed by atoms with van der Waals surface area (Å²) in [6, 6.07) is 6.13. The van der Waals surface area contributed by atoms with Crippen molar-refractivity contribution in [2.75, 3.05) is 11.9 Å². The van der Waals surface area contributed by atoms with Gasteiger partial charge in [-0.25, -0.2) is 4.39 Å². The monoisotopic (exact) mass is 291 g/mol. The summed E-state index contributed by atoms with van der Waals surface area (Å²) in [5, 5.41) is 11.3. The molecule has 110 valence electrons. The van der Waals surface area contributed by atoms with Gasteiger partial charge in [0, 0.05) is 13.3 Å². The third-order valence-electron chi connectivity index (χ3n) is 2.54. The number of nitrogens with one attached hydrogen (secondary N) is 3. The zero-order valence-electron chi connectivity index (χ0n) is 11.3. The quantitative estimate of drug-likeness (QED) is 0.751. The number of benzene rings is 1. The smallest absolute Gasteiger partial charge is 0.248 e. The molecule has 0 bridgehead atoms. The number of rotatable bonds is 5. The molecule has 3 N–H and O–H groups in total. The van der Waals surface area contributed by atoms with E-state index < -0.39 is 5.91 Å². The Morgan fingerprint density at radius 3 is 2.90 bits per heavy atom. The number of aromatic amines is 1. The van der Waals surface area contributed by atoms with Crippen LogP contribution in [0.5, 0.6) is 0 Å². The van der Waals surface area contributed by atoms with E-state index in [1.165, 1.54) is 19.1 Å². The fourth-order valence-electron chi connectivity index (χ4n) is 1.64. The number of carbonyl (C=O) groups excluding carboxylic acids is 2. The van der Waals surface area contributed by atoms with E-state index in [-0.39, 0.29) is 24.2 Å². The summed E-state index contributed by atoms with van der Waals surface area (Å²) in [4.78, 5) is 26.2. The van der Waals surface area contributed by atoms with Gasteiger partial charge in [0.2, 0.25) is 17.8 Å². The predicted molar refractivity (Wildman–Crippen MR) is 72.9 cm³/mol. The number of H-pyrrole nitrogens is 1. The molecule has 0 aliphatic rings. The van der Waals surface area contributed by atoms with E-state index in [1.807, 2.05) is 0 Å². The summed E-state index contributed by atoms with van der Waals surface area (Å²) >= 11 is 0. The Bertz CT molecular complexity index is 656. The Morgan fingerprint density at radius 2 is 2.19 bits per heavy atom. The van der Waals surface area contributed by atoms with Crippen molar-refractivity contribution in [3.8, 4) is 0 Å². The number of anilines is 1. The molecule has 1 aromatic carbocycles. The summed E-state index contributed by atoms with van der Waals surface area (Å²) < 4.78 is 13.1. The first-order valence-electron chi connectivity index (χ1n) is 6.23. The zero-order valence-corrected chi connectivity index (χ0v) is 11.3. The normalized spacial score (nSPS) is 10.2. The SMILES string of the molecule is CC(=O)NCC(=O)Nc1n[nH]c(Cc2cccc(F)c2)n1. The van der Waals surface area contributed by atoms with E-state index in [0.29, 0.717) is 12.2 Å². The first-order chi connectivity index (χ1) is 10.0. The maximum absolute atomic E-state index is 13.1. The number of hydrogen-bond acceptors (Lipinski definition) is 4. The van der Waals surface area contributed by atoms with Crippen molar-refractivity contribution >= 4 is 17.8 Å². The molecule has 0 saturated carbocycles. The van der Waals surface area contributed by atoms with Gasteiger partial charge in [-0.3, -0.25) is 20.0 Å². The van der Waals surface area contributed by atoms with Gasteiger partial charge in [0.1, 0.15) is 11.6 Å². The second-order valence-electron chi connectivity index (χ2n) is 4.37. The molecule has 21 heavy (non-hydrogen) atoms. The summed E-state index contributed by atoms with van der Waals surface area (Å²) in [6.07, 6.45) is 0.367. The highest BCUT2D eigenvalue weighted by molar-refractivity contribution is 5.92. The van der Waals surface area contributed by atoms with Gasteiger partial charge in [0.15, 0.2) is 0 Å². The Labute approximate surface area is 120 Å². The fourth-order valence-corrected chi connectivity index (χ4v) is 1.64. The molecule has 8 heteroatoms. The predicted octanol–water partition coefficient (Wildman–Crippen LogP) is 0.609. The average Bonchev–Trinajstić information content (AvgIpc) is 2.83. The highest BCUT2D eigenvalue weighted by Gasteiger charge is 2.08. The molecular weight excluding hydrogens is 277 g/mol. The summed E-state index contributed by atoms with van der Waals surface area (Å²) in [5.41, 5.74) is 0.738. The lowest BCUT2D eigenvalue weighted by Crippen LogP contribution is -2.31. The van der Waals surface area contributed by atoms with Crippen molar-refractivity contribution in [2.45, 2.75) is 13.3 Å². The number of halogens is 1. The van der Waals surface area contributed by atoms with Gasteiger partial charge < -0.3 is 5.32 Å². The van der Waals surface area contributed by atoms with E-state index >= 15 is 0 Å². The standard InChI is InChI=1S/C13H14FN5O2/c1-8(20)15-7-12(21)17-13-16-11(18-19-13)6-9-3-2-4-10(14)5-9/h2-5H,6-7H2,1H3,(H,15,20)(H2,16,17,18,19,21). The lowest BCUT2D eigenvalue weighted by Gasteiger charge is -2.00. The van der Waals surface area contributed by atoms with Crippen LogP contribution in [-0.4, -0.2) is 33.5 Å². The molecule has 7 nitrogen and oxygen atoms in total. The molecule has 0 atom stereocenters. The molecule has 0 aliphatic carbocycles. The molecule has 0 aliphatic heterocycles. The van der Waals surface area contributed by atoms with Crippen LogP contribution in [0.2, 0.25) is 0 Å². The number of hydrogen-bond donors (Lipinski definition) is 3. The maximum Gasteiger partial charge on any atom is 0.248 e. The number of nitrogens with zero attached hydrogens (tertiary/aromatic N) is 2. The van der Waals surface area contributed by atoms with Gasteiger partial charge in [-0.1, -0.05) is 12.1 Å². The highest BCUT2D eigenvalue weighted by Crippen LogP contribution is 2.09. The van der Waals surface area contributed by atoms with Crippen LogP contribution in [0.15, 0.2) is 24.3 Å². The first-order valence-corrected chi connectivity index (χ1v) is 6.23. The minimum absolute atomic E-state index is 0.108. The highest BCUT2D eigenvalue weighted by atomic mass is 19.1. The number of amides is 2. The Kier molecular flexibility index (Phi) is 4.60. The van der Waals surface area contributed by atoms with Crippen molar-refractivity contribution in [3.63, 3.8) is 0 Å². The van der Waals surface area contributed by atoms with Crippen LogP contribution in [-0.2, 0) is 16.0 Å². The van der Waals surface area contributed by atoms with Crippen LogP contribution in [0.3, 0.4) is 0 Å². The van der Waals surface area contributed by atoms with Gasteiger partial charge in [0.25, 0.3) is 0 Å². The van der Waals surface area contributed by atoms with Crippen LogP contribution in [0, 0.1) is 5.82 Å². The Balaban J connectivity index is 1.92. The average molecular weight is 291 g/mol. The molecule has 1 aromatic heterocycles. The lowest BCUT2D eigenvalue weighted by atomic mass is 10.1. The van der Waals surface area contributed by atoms with Gasteiger partial charge in [-0.2, -0.15) is 4.98 Å². The zero-order chi connectivity index (χ0) is 15.2. The first kappa shape index (κ1) is 14.6. The Hall–Kier alpha value is -2.77. The number of aromatic nitrogens is 3. The molecule has 2 aromatic rings. The topological polar surface area (TPSA) is 99.8 Å². The Morgan fingerprint density at radius 1 is 1.38 bits per heavy atom. The second kappa shape index (κ2) is 6.60. The molecule has 0 radical (unpaired) electrons. The molecular formula is C13H14FN5O2. The molecule has 1 heterocycles. The summed E-state index contributed by atoms with van der Waals surface area (Å²) in [5.74, 6) is -0.448. The minimum atomic E-state index is -0.429. The van der Waals surface area contributed by atoms with Crippen molar-refractivity contribution in [1.29, 1.82) is 0 Å². The molecule has 2 rings (SSSR count). The van der Waals surface area contributed by atoms with E-state index in [2.05, 4.69) is 25.8 Å². The van der Waals surface area contributed by atoms with Crippen molar-refractivity contribution in [1.82, 2.24) is 20.5 Å². The second-order valence-corrected chi connectivity index (χ2v) is 4.37. The van der Waals surface area contributed by atoms with Crippen molar-refractivity contribution in [2.24, 2.45) is 0 Å². The van der Waals surface area contributed by atoms with Crippen molar-refractivity contribution in [3.05, 3.63) is 41.5 Å². The minimum Gasteiger partial charge on any atom is -0.347 e. The van der Waals surface area contributed by atoms with Crippen molar-refractivity contribution < 1.29 is 14.0 Å². The van der Waals surface area contributed by atoms with E-state index in [0.717, 1.165) is 5.56 Å². The van der Waals surface area contributed by atoms with Gasteiger partial charge in [-0.05, 0) is 17.7 Å². The molecule has 0 unspecified atom stereocenters. The molecule has 0 saturated heterocycles. The van der Waals surface area contributed by atoms with Gasteiger partial charge in [-0.15, -0.1) is 5.10 Å². The molecule has 0 fully saturated rings. The van der Waals surface area contributed by atoms with E-state index in [9.17, 15) is 14.0 Å². The lowest BCUT2D eigenvalue weighted by molar-refractivity contribution is -0.122. The fraction of sp³-hybridized carbons (Fsp3) is 0.231. The third-order valence-corrected chi connectivity index (χ3v) is 2.54. The maximum atomic E-state index is 13.1. The van der Waals surface area contributed by atoms with Gasteiger partial charge >= 0.3 is 0 Å². The largest absolute Gasteiger partial charge is 0.347 e. The summed E-state index contributed by atoms with van der Waals surface area (Å²) in [7, 11) is 0. The van der Waals surface area contributed by atoms with E-state index in [1.54, 1.807) is 12.1 Å². The summed E-state index contributed by atoms with van der Waals surface area (Å²) in [6.45, 7) is 1.17. The number of carbonyl (C=O) groups is 2.